The maximum atomic E-state index is 10.9. The molecule has 0 N–H and O–H groups in total. The molecule has 62 valence electrons. The van der Waals surface area contributed by atoms with Crippen LogP contribution in [0.1, 0.15) is 0 Å². The molecular weight excluding hydrogens is 168 g/mol. The Hall–Kier alpha value is -0.550. The second-order valence-electron chi connectivity index (χ2n) is 1.94. The van der Waals surface area contributed by atoms with Gasteiger partial charge in [-0.2, -0.15) is 0 Å². The Balaban J connectivity index is 2.54. The molecule has 0 radical (unpaired) electrons. The number of ether oxygens (including phenoxy) is 2. The number of thioether (sulfide) groups is 1. The summed E-state index contributed by atoms with van der Waals surface area (Å²) in [5, 5.41) is -0.261. The molecule has 1 unspecified atom stereocenters. The second kappa shape index (κ2) is 3.73. The van der Waals surface area contributed by atoms with Crippen LogP contribution in [0.2, 0.25) is 0 Å². The number of carbonyl (C=O) groups excluding carboxylic acids is 2. The van der Waals surface area contributed by atoms with Crippen LogP contribution in [0, 0.1) is 0 Å². The van der Waals surface area contributed by atoms with Gasteiger partial charge in [0.05, 0.1) is 13.7 Å². The summed E-state index contributed by atoms with van der Waals surface area (Å²) in [5.41, 5.74) is 0. The minimum absolute atomic E-state index is 0.261. The Bertz CT molecular complexity index is 171. The summed E-state index contributed by atoms with van der Waals surface area (Å²) < 4.78 is 9.26. The zero-order valence-corrected chi connectivity index (χ0v) is 6.85. The van der Waals surface area contributed by atoms with E-state index in [9.17, 15) is 9.59 Å². The second-order valence-corrected chi connectivity index (χ2v) is 3.04. The molecule has 0 bridgehead atoms. The topological polar surface area (TPSA) is 52.6 Å². The van der Waals surface area contributed by atoms with Gasteiger partial charge >= 0.3 is 5.97 Å². The summed E-state index contributed by atoms with van der Waals surface area (Å²) in [6, 6.07) is 0. The summed E-state index contributed by atoms with van der Waals surface area (Å²) in [4.78, 5) is 21.7. The van der Waals surface area contributed by atoms with Gasteiger partial charge in [0.15, 0.2) is 0 Å². The molecule has 0 amide bonds. The van der Waals surface area contributed by atoms with E-state index in [1.165, 1.54) is 7.11 Å². The van der Waals surface area contributed by atoms with Crippen molar-refractivity contribution >= 4 is 22.8 Å². The first-order valence-electron chi connectivity index (χ1n) is 3.12. The maximum absolute atomic E-state index is 10.9. The Kier molecular flexibility index (Phi) is 2.90. The molecule has 0 spiro atoms. The van der Waals surface area contributed by atoms with E-state index in [1.807, 2.05) is 0 Å². The fourth-order valence-corrected chi connectivity index (χ4v) is 1.42. The quantitative estimate of drug-likeness (QED) is 0.409. The van der Waals surface area contributed by atoms with Gasteiger partial charge in [0, 0.05) is 5.75 Å². The lowest BCUT2D eigenvalue weighted by atomic mass is 10.4. The van der Waals surface area contributed by atoms with Crippen LogP contribution < -0.4 is 0 Å². The van der Waals surface area contributed by atoms with Crippen LogP contribution in [-0.2, 0) is 19.1 Å². The van der Waals surface area contributed by atoms with Crippen LogP contribution in [0.5, 0.6) is 0 Å². The van der Waals surface area contributed by atoms with Gasteiger partial charge in [0.2, 0.25) is 11.2 Å². The Morgan fingerprint density at radius 3 is 3.09 bits per heavy atom. The van der Waals surface area contributed by atoms with Gasteiger partial charge in [0.1, 0.15) is 0 Å². The third-order valence-corrected chi connectivity index (χ3v) is 2.11. The summed E-state index contributed by atoms with van der Waals surface area (Å²) in [5.74, 6) is 0.00831. The summed E-state index contributed by atoms with van der Waals surface area (Å²) in [7, 11) is 1.23. The number of methoxy groups -OCH3 is 1. The minimum Gasteiger partial charge on any atom is -0.467 e. The molecule has 0 aromatic carbocycles. The smallest absolute Gasteiger partial charge is 0.343 e. The molecule has 1 atom stereocenters. The lowest BCUT2D eigenvalue weighted by molar-refractivity contribution is -0.156. The molecule has 1 rings (SSSR count). The van der Waals surface area contributed by atoms with Crippen molar-refractivity contribution in [3.05, 3.63) is 0 Å². The fourth-order valence-electron chi connectivity index (χ4n) is 0.723. The SMILES string of the molecule is COC(=O)C1OCCSC1=O. The molecule has 4 nitrogen and oxygen atoms in total. The summed E-state index contributed by atoms with van der Waals surface area (Å²) >= 11 is 1.11. The highest BCUT2D eigenvalue weighted by molar-refractivity contribution is 8.13. The minimum atomic E-state index is -1.00. The van der Waals surface area contributed by atoms with Crippen LogP contribution in [0.15, 0.2) is 0 Å². The van der Waals surface area contributed by atoms with Crippen LogP contribution in [0.4, 0.5) is 0 Å². The maximum Gasteiger partial charge on any atom is 0.343 e. The van der Waals surface area contributed by atoms with Gasteiger partial charge in [-0.25, -0.2) is 4.79 Å². The van der Waals surface area contributed by atoms with E-state index in [4.69, 9.17) is 4.74 Å². The first-order chi connectivity index (χ1) is 5.25. The molecule has 1 fully saturated rings. The van der Waals surface area contributed by atoms with Crippen molar-refractivity contribution in [2.75, 3.05) is 19.5 Å². The predicted octanol–water partition coefficient (Wildman–Crippen LogP) is -0.182. The number of hydrogen-bond acceptors (Lipinski definition) is 5. The average Bonchev–Trinajstić information content (AvgIpc) is 2.04. The van der Waals surface area contributed by atoms with E-state index in [-0.39, 0.29) is 5.12 Å². The molecule has 11 heavy (non-hydrogen) atoms. The highest BCUT2D eigenvalue weighted by Crippen LogP contribution is 2.15. The van der Waals surface area contributed by atoms with Gasteiger partial charge in [-0.15, -0.1) is 0 Å². The van der Waals surface area contributed by atoms with Crippen molar-refractivity contribution in [2.45, 2.75) is 6.10 Å². The highest BCUT2D eigenvalue weighted by atomic mass is 32.2. The van der Waals surface area contributed by atoms with Gasteiger partial charge in [0.25, 0.3) is 0 Å². The van der Waals surface area contributed by atoms with Crippen molar-refractivity contribution < 1.29 is 19.1 Å². The molecule has 1 aliphatic heterocycles. The van der Waals surface area contributed by atoms with Gasteiger partial charge in [-0.3, -0.25) is 4.79 Å². The van der Waals surface area contributed by atoms with Crippen molar-refractivity contribution in [2.24, 2.45) is 0 Å². The third kappa shape index (κ3) is 1.94. The van der Waals surface area contributed by atoms with E-state index in [0.29, 0.717) is 12.4 Å². The lowest BCUT2D eigenvalue weighted by Crippen LogP contribution is -2.36. The first kappa shape index (κ1) is 8.55. The molecule has 0 aromatic rings. The Labute approximate surface area is 68.2 Å². The number of rotatable bonds is 1. The summed E-state index contributed by atoms with van der Waals surface area (Å²) in [6.45, 7) is 0.427. The van der Waals surface area contributed by atoms with E-state index in [2.05, 4.69) is 4.74 Å². The number of esters is 1. The van der Waals surface area contributed by atoms with Crippen molar-refractivity contribution in [1.29, 1.82) is 0 Å². The van der Waals surface area contributed by atoms with Gasteiger partial charge < -0.3 is 9.47 Å². The van der Waals surface area contributed by atoms with Crippen LogP contribution in [0.25, 0.3) is 0 Å². The van der Waals surface area contributed by atoms with E-state index in [0.717, 1.165) is 11.8 Å². The lowest BCUT2D eigenvalue weighted by Gasteiger charge is -2.17. The molecule has 1 saturated heterocycles. The highest BCUT2D eigenvalue weighted by Gasteiger charge is 2.31. The van der Waals surface area contributed by atoms with Crippen LogP contribution in [-0.4, -0.2) is 36.7 Å². The molecule has 0 saturated carbocycles. The Morgan fingerprint density at radius 2 is 2.55 bits per heavy atom. The summed E-state index contributed by atoms with van der Waals surface area (Å²) in [6.07, 6.45) is -1.00. The van der Waals surface area contributed by atoms with Crippen molar-refractivity contribution in [3.63, 3.8) is 0 Å². The van der Waals surface area contributed by atoms with E-state index < -0.39 is 12.1 Å². The molecule has 1 aliphatic rings. The van der Waals surface area contributed by atoms with Crippen molar-refractivity contribution in [1.82, 2.24) is 0 Å². The fraction of sp³-hybridized carbons (Fsp3) is 0.667. The van der Waals surface area contributed by atoms with Crippen molar-refractivity contribution in [3.8, 4) is 0 Å². The monoisotopic (exact) mass is 176 g/mol. The van der Waals surface area contributed by atoms with Gasteiger partial charge in [-0.05, 0) is 0 Å². The molecule has 5 heteroatoms. The van der Waals surface area contributed by atoms with E-state index in [1.54, 1.807) is 0 Å². The van der Waals surface area contributed by atoms with E-state index >= 15 is 0 Å². The predicted molar refractivity (Wildman–Crippen MR) is 39.2 cm³/mol. The van der Waals surface area contributed by atoms with Gasteiger partial charge in [-0.1, -0.05) is 11.8 Å². The zero-order valence-electron chi connectivity index (χ0n) is 6.03. The largest absolute Gasteiger partial charge is 0.467 e. The number of carbonyl (C=O) groups is 2. The van der Waals surface area contributed by atoms with Crippen LogP contribution in [0.3, 0.4) is 0 Å². The standard InChI is InChI=1S/C6H8O4S/c1-9-5(7)4-6(8)11-3-2-10-4/h4H,2-3H2,1H3. The molecular formula is C6H8O4S. The van der Waals surface area contributed by atoms with Crippen LogP contribution >= 0.6 is 11.8 Å². The molecule has 0 aliphatic carbocycles. The molecule has 0 aromatic heterocycles. The Morgan fingerprint density at radius 1 is 1.82 bits per heavy atom. The first-order valence-corrected chi connectivity index (χ1v) is 4.10. The molecule has 1 heterocycles. The zero-order chi connectivity index (χ0) is 8.27. The number of hydrogen-bond donors (Lipinski definition) is 0. The third-order valence-electron chi connectivity index (χ3n) is 1.24. The normalized spacial score (nSPS) is 24.8. The average molecular weight is 176 g/mol.